The summed E-state index contributed by atoms with van der Waals surface area (Å²) in [6.45, 7) is 7.52. The Kier molecular flexibility index (Phi) is 4.50. The number of hydrogen-bond donors (Lipinski definition) is 2. The molecule has 0 aliphatic rings. The maximum Gasteiger partial charge on any atom is 0.0644 e. The van der Waals surface area contributed by atoms with Crippen LogP contribution in [0.5, 0.6) is 0 Å². The molecule has 0 heterocycles. The molecule has 1 unspecified atom stereocenters. The van der Waals surface area contributed by atoms with Crippen LogP contribution in [0, 0.1) is 5.92 Å². The van der Waals surface area contributed by atoms with Crippen molar-refractivity contribution in [3.05, 3.63) is 11.6 Å². The summed E-state index contributed by atoms with van der Waals surface area (Å²) in [5.41, 5.74) is 0.429. The van der Waals surface area contributed by atoms with Gasteiger partial charge in [-0.05, 0) is 34.1 Å². The van der Waals surface area contributed by atoms with Gasteiger partial charge in [-0.3, -0.25) is 0 Å². The molecular weight excluding hydrogens is 152 g/mol. The van der Waals surface area contributed by atoms with Crippen molar-refractivity contribution in [2.24, 2.45) is 5.92 Å². The average molecular weight is 172 g/mol. The fourth-order valence-corrected chi connectivity index (χ4v) is 0.964. The summed E-state index contributed by atoms with van der Waals surface area (Å²) in [5, 5.41) is 18.6. The highest BCUT2D eigenvalue weighted by atomic mass is 16.3. The zero-order chi connectivity index (χ0) is 9.78. The van der Waals surface area contributed by atoms with Gasteiger partial charge < -0.3 is 10.2 Å². The van der Waals surface area contributed by atoms with Crippen molar-refractivity contribution in [1.29, 1.82) is 0 Å². The van der Waals surface area contributed by atoms with E-state index in [1.54, 1.807) is 13.8 Å². The molecule has 0 bridgehead atoms. The second-order valence-corrected chi connectivity index (χ2v) is 4.05. The summed E-state index contributed by atoms with van der Waals surface area (Å²) in [7, 11) is 0. The normalized spacial score (nSPS) is 14.2. The van der Waals surface area contributed by atoms with Crippen molar-refractivity contribution < 1.29 is 10.2 Å². The Morgan fingerprint density at radius 3 is 2.17 bits per heavy atom. The largest absolute Gasteiger partial charge is 0.396 e. The van der Waals surface area contributed by atoms with Gasteiger partial charge in [0.05, 0.1) is 5.60 Å². The molecule has 0 fully saturated rings. The van der Waals surface area contributed by atoms with E-state index < -0.39 is 5.60 Å². The van der Waals surface area contributed by atoms with Gasteiger partial charge in [0.15, 0.2) is 0 Å². The van der Waals surface area contributed by atoms with Crippen molar-refractivity contribution in [3.63, 3.8) is 0 Å². The molecule has 2 N–H and O–H groups in total. The van der Waals surface area contributed by atoms with Crippen LogP contribution in [0.2, 0.25) is 0 Å². The SMILES string of the molecule is CC(C)=CCC(CO)C(C)(C)O. The zero-order valence-corrected chi connectivity index (χ0v) is 8.46. The predicted molar refractivity (Wildman–Crippen MR) is 50.9 cm³/mol. The summed E-state index contributed by atoms with van der Waals surface area (Å²) < 4.78 is 0. The number of aliphatic hydroxyl groups is 2. The maximum absolute atomic E-state index is 9.60. The third-order valence-electron chi connectivity index (χ3n) is 2.03. The Bertz CT molecular complexity index is 150. The molecule has 0 aliphatic heterocycles. The summed E-state index contributed by atoms with van der Waals surface area (Å²) in [6.07, 6.45) is 2.78. The Morgan fingerprint density at radius 1 is 1.42 bits per heavy atom. The molecule has 0 amide bonds. The highest BCUT2D eigenvalue weighted by Gasteiger charge is 2.24. The Balaban J connectivity index is 4.10. The van der Waals surface area contributed by atoms with Gasteiger partial charge in [0.1, 0.15) is 0 Å². The van der Waals surface area contributed by atoms with Crippen molar-refractivity contribution in [2.75, 3.05) is 6.61 Å². The van der Waals surface area contributed by atoms with Gasteiger partial charge in [-0.1, -0.05) is 11.6 Å². The van der Waals surface area contributed by atoms with Gasteiger partial charge >= 0.3 is 0 Å². The van der Waals surface area contributed by atoms with E-state index in [9.17, 15) is 5.11 Å². The van der Waals surface area contributed by atoms with E-state index in [0.717, 1.165) is 6.42 Å². The standard InChI is InChI=1S/C10H20O2/c1-8(2)5-6-9(7-11)10(3,4)12/h5,9,11-12H,6-7H2,1-4H3. The third-order valence-corrected chi connectivity index (χ3v) is 2.03. The van der Waals surface area contributed by atoms with Crippen LogP contribution in [0.25, 0.3) is 0 Å². The molecule has 0 aromatic rings. The molecule has 0 spiro atoms. The lowest BCUT2D eigenvalue weighted by molar-refractivity contribution is -0.00702. The predicted octanol–water partition coefficient (Wildman–Crippen LogP) is 1.72. The van der Waals surface area contributed by atoms with Gasteiger partial charge in [-0.25, -0.2) is 0 Å². The van der Waals surface area contributed by atoms with Crippen molar-refractivity contribution in [2.45, 2.75) is 39.7 Å². The zero-order valence-electron chi connectivity index (χ0n) is 8.46. The molecule has 0 aromatic carbocycles. The first kappa shape index (κ1) is 11.7. The minimum atomic E-state index is -0.791. The van der Waals surface area contributed by atoms with E-state index in [4.69, 9.17) is 5.11 Å². The van der Waals surface area contributed by atoms with Crippen molar-refractivity contribution >= 4 is 0 Å². The van der Waals surface area contributed by atoms with E-state index in [2.05, 4.69) is 0 Å². The lowest BCUT2D eigenvalue weighted by Gasteiger charge is -2.26. The average Bonchev–Trinajstić information content (AvgIpc) is 1.85. The van der Waals surface area contributed by atoms with Crippen LogP contribution in [0.15, 0.2) is 11.6 Å². The van der Waals surface area contributed by atoms with Crippen LogP contribution in [0.4, 0.5) is 0 Å². The number of allylic oxidation sites excluding steroid dienone is 2. The fraction of sp³-hybridized carbons (Fsp3) is 0.800. The minimum absolute atomic E-state index is 0.0350. The summed E-state index contributed by atoms with van der Waals surface area (Å²) in [5.74, 6) is -0.0626. The van der Waals surface area contributed by atoms with E-state index >= 15 is 0 Å². The second kappa shape index (κ2) is 4.63. The van der Waals surface area contributed by atoms with Gasteiger partial charge in [0, 0.05) is 12.5 Å². The van der Waals surface area contributed by atoms with Crippen LogP contribution in [0.1, 0.15) is 34.1 Å². The first-order valence-electron chi connectivity index (χ1n) is 4.34. The Labute approximate surface area is 74.9 Å². The minimum Gasteiger partial charge on any atom is -0.396 e. The summed E-state index contributed by atoms with van der Waals surface area (Å²) in [6, 6.07) is 0. The monoisotopic (exact) mass is 172 g/mol. The van der Waals surface area contributed by atoms with Crippen molar-refractivity contribution in [3.8, 4) is 0 Å². The fourth-order valence-electron chi connectivity index (χ4n) is 0.964. The molecule has 0 saturated heterocycles. The molecule has 1 atom stereocenters. The summed E-state index contributed by atoms with van der Waals surface area (Å²) >= 11 is 0. The van der Waals surface area contributed by atoms with Gasteiger partial charge in [-0.2, -0.15) is 0 Å². The Hall–Kier alpha value is -0.340. The van der Waals surface area contributed by atoms with Gasteiger partial charge in [0.25, 0.3) is 0 Å². The van der Waals surface area contributed by atoms with Crippen LogP contribution < -0.4 is 0 Å². The lowest BCUT2D eigenvalue weighted by atomic mass is 9.88. The van der Waals surface area contributed by atoms with Crippen LogP contribution in [-0.2, 0) is 0 Å². The quantitative estimate of drug-likeness (QED) is 0.634. The molecule has 2 nitrogen and oxygen atoms in total. The van der Waals surface area contributed by atoms with E-state index in [1.165, 1.54) is 5.57 Å². The number of rotatable bonds is 4. The first-order chi connectivity index (χ1) is 5.38. The highest BCUT2D eigenvalue weighted by Crippen LogP contribution is 2.20. The molecule has 0 rings (SSSR count). The van der Waals surface area contributed by atoms with Gasteiger partial charge in [0.2, 0.25) is 0 Å². The van der Waals surface area contributed by atoms with E-state index in [-0.39, 0.29) is 12.5 Å². The topological polar surface area (TPSA) is 40.5 Å². The lowest BCUT2D eigenvalue weighted by Crippen LogP contribution is -2.33. The summed E-state index contributed by atoms with van der Waals surface area (Å²) in [4.78, 5) is 0. The second-order valence-electron chi connectivity index (χ2n) is 4.05. The molecular formula is C10H20O2. The molecule has 0 saturated carbocycles. The van der Waals surface area contributed by atoms with E-state index in [1.807, 2.05) is 19.9 Å². The molecule has 0 radical (unpaired) electrons. The van der Waals surface area contributed by atoms with Gasteiger partial charge in [-0.15, -0.1) is 0 Å². The van der Waals surface area contributed by atoms with Crippen LogP contribution in [0.3, 0.4) is 0 Å². The van der Waals surface area contributed by atoms with Crippen molar-refractivity contribution in [1.82, 2.24) is 0 Å². The first-order valence-corrected chi connectivity index (χ1v) is 4.34. The smallest absolute Gasteiger partial charge is 0.0644 e. The number of aliphatic hydroxyl groups excluding tert-OH is 1. The molecule has 12 heavy (non-hydrogen) atoms. The van der Waals surface area contributed by atoms with Crippen LogP contribution in [-0.4, -0.2) is 22.4 Å². The molecule has 72 valence electrons. The molecule has 0 aromatic heterocycles. The number of hydrogen-bond acceptors (Lipinski definition) is 2. The van der Waals surface area contributed by atoms with E-state index in [0.29, 0.717) is 0 Å². The molecule has 0 aliphatic carbocycles. The van der Waals surface area contributed by atoms with Crippen LogP contribution >= 0.6 is 0 Å². The molecule has 2 heteroatoms. The maximum atomic E-state index is 9.60. The highest BCUT2D eigenvalue weighted by molar-refractivity contribution is 4.96. The third kappa shape index (κ3) is 4.52. The Morgan fingerprint density at radius 2 is 1.92 bits per heavy atom.